The molecule has 9 heteroatoms. The van der Waals surface area contributed by atoms with E-state index in [2.05, 4.69) is 20.9 Å². The minimum atomic E-state index is -0.460. The van der Waals surface area contributed by atoms with Crippen LogP contribution in [0, 0.1) is 0 Å². The quantitative estimate of drug-likeness (QED) is 0.571. The molecule has 1 aromatic heterocycles. The molecule has 4 amide bonds. The Hall–Kier alpha value is -4.01. The number of carbonyl (C=O) groups is 2. The molecule has 2 aromatic carbocycles. The Balaban J connectivity index is 1.53. The lowest BCUT2D eigenvalue weighted by molar-refractivity contribution is 0.249. The van der Waals surface area contributed by atoms with Gasteiger partial charge in [0.1, 0.15) is 17.6 Å². The van der Waals surface area contributed by atoms with E-state index in [9.17, 15) is 9.59 Å². The predicted molar refractivity (Wildman–Crippen MR) is 117 cm³/mol. The summed E-state index contributed by atoms with van der Waals surface area (Å²) >= 11 is 0. The van der Waals surface area contributed by atoms with Crippen LogP contribution in [0.1, 0.15) is 17.4 Å². The number of anilines is 2. The van der Waals surface area contributed by atoms with Crippen LogP contribution in [-0.2, 0) is 7.05 Å². The summed E-state index contributed by atoms with van der Waals surface area (Å²) in [5.74, 6) is 1.43. The number of carbonyl (C=O) groups excluding carboxylic acids is 2. The van der Waals surface area contributed by atoms with Gasteiger partial charge in [0.05, 0.1) is 7.11 Å². The van der Waals surface area contributed by atoms with E-state index < -0.39 is 6.04 Å². The molecule has 1 aliphatic heterocycles. The summed E-state index contributed by atoms with van der Waals surface area (Å²) in [7, 11) is 3.49. The Labute approximate surface area is 180 Å². The predicted octanol–water partition coefficient (Wildman–Crippen LogP) is 2.87. The largest absolute Gasteiger partial charge is 0.497 e. The first-order chi connectivity index (χ1) is 15.0. The summed E-state index contributed by atoms with van der Waals surface area (Å²) in [6.07, 6.45) is 3.52. The van der Waals surface area contributed by atoms with Gasteiger partial charge in [-0.15, -0.1) is 0 Å². The van der Waals surface area contributed by atoms with E-state index in [0.717, 1.165) is 17.0 Å². The van der Waals surface area contributed by atoms with Gasteiger partial charge in [0.15, 0.2) is 0 Å². The standard InChI is InChI=1S/C22H24N6O3/c1-27-12-10-23-20(27)19(15-6-8-18(31-2)9-7-15)26-21(29)25-16-4-3-5-17(14-16)28-13-11-24-22(28)30/h3-10,12,14,19H,11,13H2,1-2H3,(H,24,30)(H2,25,26,29). The highest BCUT2D eigenvalue weighted by molar-refractivity contribution is 5.96. The molecule has 0 aliphatic carbocycles. The van der Waals surface area contributed by atoms with Crippen molar-refractivity contribution >= 4 is 23.4 Å². The first kappa shape index (κ1) is 20.3. The van der Waals surface area contributed by atoms with E-state index in [1.54, 1.807) is 36.4 Å². The van der Waals surface area contributed by atoms with Crippen molar-refractivity contribution in [2.45, 2.75) is 6.04 Å². The van der Waals surface area contributed by atoms with E-state index in [1.807, 2.05) is 48.1 Å². The molecule has 9 nitrogen and oxygen atoms in total. The number of ether oxygens (including phenoxy) is 1. The third-order valence-electron chi connectivity index (χ3n) is 5.11. The second-order valence-corrected chi connectivity index (χ2v) is 7.13. The first-order valence-electron chi connectivity index (χ1n) is 9.89. The van der Waals surface area contributed by atoms with Gasteiger partial charge in [0.2, 0.25) is 0 Å². The van der Waals surface area contributed by atoms with E-state index in [1.165, 1.54) is 0 Å². The van der Waals surface area contributed by atoms with Crippen molar-refractivity contribution in [3.63, 3.8) is 0 Å². The van der Waals surface area contributed by atoms with Crippen LogP contribution in [0.15, 0.2) is 60.9 Å². The van der Waals surface area contributed by atoms with Gasteiger partial charge in [0, 0.05) is 43.9 Å². The monoisotopic (exact) mass is 420 g/mol. The number of nitrogens with zero attached hydrogens (tertiary/aromatic N) is 3. The van der Waals surface area contributed by atoms with Crippen molar-refractivity contribution in [3.8, 4) is 5.75 Å². The van der Waals surface area contributed by atoms with Crippen molar-refractivity contribution in [1.82, 2.24) is 20.2 Å². The fourth-order valence-electron chi connectivity index (χ4n) is 3.52. The topological polar surface area (TPSA) is 101 Å². The molecule has 4 rings (SSSR count). The van der Waals surface area contributed by atoms with Crippen LogP contribution in [0.25, 0.3) is 0 Å². The van der Waals surface area contributed by atoms with Crippen LogP contribution in [0.3, 0.4) is 0 Å². The van der Waals surface area contributed by atoms with Crippen molar-refractivity contribution in [1.29, 1.82) is 0 Å². The number of aromatic nitrogens is 2. The number of hydrogen-bond donors (Lipinski definition) is 3. The van der Waals surface area contributed by atoms with Gasteiger partial charge < -0.3 is 25.3 Å². The SMILES string of the molecule is COc1ccc(C(NC(=O)Nc2cccc(N3CCNC3=O)c2)c2nccn2C)cc1. The fraction of sp³-hybridized carbons (Fsp3) is 0.227. The van der Waals surface area contributed by atoms with Gasteiger partial charge in [-0.2, -0.15) is 0 Å². The van der Waals surface area contributed by atoms with Crippen molar-refractivity contribution < 1.29 is 14.3 Å². The number of benzene rings is 2. The zero-order valence-corrected chi connectivity index (χ0v) is 17.3. The molecule has 160 valence electrons. The number of aryl methyl sites for hydroxylation is 1. The molecule has 0 radical (unpaired) electrons. The Morgan fingerprint density at radius 3 is 2.68 bits per heavy atom. The number of methoxy groups -OCH3 is 1. The fourth-order valence-corrected chi connectivity index (χ4v) is 3.52. The molecule has 31 heavy (non-hydrogen) atoms. The van der Waals surface area contributed by atoms with Crippen LogP contribution >= 0.6 is 0 Å². The maximum absolute atomic E-state index is 12.8. The van der Waals surface area contributed by atoms with Crippen LogP contribution in [0.5, 0.6) is 5.75 Å². The van der Waals surface area contributed by atoms with E-state index in [4.69, 9.17) is 4.74 Å². The Bertz CT molecular complexity index is 1080. The number of rotatable bonds is 6. The lowest BCUT2D eigenvalue weighted by atomic mass is 10.1. The van der Waals surface area contributed by atoms with Crippen molar-refractivity contribution in [2.24, 2.45) is 7.05 Å². The normalized spacial score (nSPS) is 14.1. The number of nitrogens with one attached hydrogen (secondary N) is 3. The van der Waals surface area contributed by atoms with Crippen molar-refractivity contribution in [3.05, 3.63) is 72.3 Å². The molecule has 3 N–H and O–H groups in total. The molecule has 1 aliphatic rings. The van der Waals surface area contributed by atoms with Gasteiger partial charge in [-0.05, 0) is 35.9 Å². The Morgan fingerprint density at radius 1 is 1.23 bits per heavy atom. The number of urea groups is 2. The second kappa shape index (κ2) is 8.78. The maximum atomic E-state index is 12.8. The number of hydrogen-bond acceptors (Lipinski definition) is 4. The third-order valence-corrected chi connectivity index (χ3v) is 5.11. The van der Waals surface area contributed by atoms with E-state index in [0.29, 0.717) is 24.6 Å². The Morgan fingerprint density at radius 2 is 2.03 bits per heavy atom. The first-order valence-corrected chi connectivity index (χ1v) is 9.89. The third kappa shape index (κ3) is 4.45. The highest BCUT2D eigenvalue weighted by atomic mass is 16.5. The van der Waals surface area contributed by atoms with Gasteiger partial charge in [0.25, 0.3) is 0 Å². The lowest BCUT2D eigenvalue weighted by Crippen LogP contribution is -2.34. The summed E-state index contributed by atoms with van der Waals surface area (Å²) in [5.41, 5.74) is 2.18. The molecule has 2 heterocycles. The van der Waals surface area contributed by atoms with E-state index >= 15 is 0 Å². The molecule has 0 spiro atoms. The van der Waals surface area contributed by atoms with Crippen LogP contribution < -0.4 is 25.6 Å². The molecule has 1 saturated heterocycles. The number of imidazole rings is 1. The molecule has 1 fully saturated rings. The average molecular weight is 420 g/mol. The molecule has 3 aromatic rings. The summed E-state index contributed by atoms with van der Waals surface area (Å²) in [4.78, 5) is 30.8. The smallest absolute Gasteiger partial charge is 0.321 e. The minimum absolute atomic E-state index is 0.143. The van der Waals surface area contributed by atoms with Crippen LogP contribution in [-0.4, -0.2) is 41.8 Å². The molecule has 0 bridgehead atoms. The molecule has 1 atom stereocenters. The number of amides is 4. The molecule has 1 unspecified atom stereocenters. The van der Waals surface area contributed by atoms with E-state index in [-0.39, 0.29) is 12.1 Å². The van der Waals surface area contributed by atoms with Gasteiger partial charge in [-0.1, -0.05) is 18.2 Å². The molecular weight excluding hydrogens is 396 g/mol. The summed E-state index contributed by atoms with van der Waals surface area (Å²) in [6.45, 7) is 1.19. The zero-order valence-electron chi connectivity index (χ0n) is 17.3. The van der Waals surface area contributed by atoms with Gasteiger partial charge in [-0.25, -0.2) is 14.6 Å². The van der Waals surface area contributed by atoms with Crippen LogP contribution in [0.2, 0.25) is 0 Å². The maximum Gasteiger partial charge on any atom is 0.321 e. The molecule has 0 saturated carbocycles. The van der Waals surface area contributed by atoms with Gasteiger partial charge in [-0.3, -0.25) is 4.90 Å². The average Bonchev–Trinajstić information content (AvgIpc) is 3.40. The summed E-state index contributed by atoms with van der Waals surface area (Å²) in [5, 5.41) is 8.62. The zero-order chi connectivity index (χ0) is 21.8. The summed E-state index contributed by atoms with van der Waals surface area (Å²) < 4.78 is 7.09. The Kier molecular flexibility index (Phi) is 5.74. The van der Waals surface area contributed by atoms with Crippen LogP contribution in [0.4, 0.5) is 21.0 Å². The van der Waals surface area contributed by atoms with Crippen molar-refractivity contribution in [2.75, 3.05) is 30.4 Å². The molecular formula is C22H24N6O3. The second-order valence-electron chi connectivity index (χ2n) is 7.13. The highest BCUT2D eigenvalue weighted by Gasteiger charge is 2.23. The van der Waals surface area contributed by atoms with Gasteiger partial charge >= 0.3 is 12.1 Å². The highest BCUT2D eigenvalue weighted by Crippen LogP contribution is 2.24. The summed E-state index contributed by atoms with van der Waals surface area (Å²) in [6, 6.07) is 13.7. The minimum Gasteiger partial charge on any atom is -0.497 e. The lowest BCUT2D eigenvalue weighted by Gasteiger charge is -2.20.